The van der Waals surface area contributed by atoms with Crippen molar-refractivity contribution in [2.45, 2.75) is 25.7 Å². The summed E-state index contributed by atoms with van der Waals surface area (Å²) in [5, 5.41) is 3.28. The van der Waals surface area contributed by atoms with E-state index >= 15 is 0 Å². The second kappa shape index (κ2) is 6.63. The number of carbonyl (C=O) groups is 3. The highest BCUT2D eigenvalue weighted by molar-refractivity contribution is 6.19. The van der Waals surface area contributed by atoms with Crippen molar-refractivity contribution < 1.29 is 14.4 Å². The summed E-state index contributed by atoms with van der Waals surface area (Å²) in [6.07, 6.45) is 2.09. The molecule has 6 heteroatoms. The Hall–Kier alpha value is -3.15. The van der Waals surface area contributed by atoms with Crippen LogP contribution >= 0.6 is 0 Å². The summed E-state index contributed by atoms with van der Waals surface area (Å²) in [5.41, 5.74) is 3.28. The molecule has 1 N–H and O–H groups in total. The van der Waals surface area contributed by atoms with Gasteiger partial charge in [-0.15, -0.1) is 0 Å². The van der Waals surface area contributed by atoms with E-state index in [1.165, 1.54) is 4.90 Å². The molecule has 2 aliphatic heterocycles. The Morgan fingerprint density at radius 3 is 1.69 bits per heavy atom. The minimum Gasteiger partial charge on any atom is -0.356 e. The summed E-state index contributed by atoms with van der Waals surface area (Å²) < 4.78 is 0. The van der Waals surface area contributed by atoms with Gasteiger partial charge in [-0.25, -0.2) is 0 Å². The summed E-state index contributed by atoms with van der Waals surface area (Å²) in [4.78, 5) is 38.4. The molecule has 3 amide bonds. The van der Waals surface area contributed by atoms with Gasteiger partial charge in [-0.05, 0) is 55.0 Å². The first kappa shape index (κ1) is 16.3. The number of hydrogen-bond acceptors (Lipinski definition) is 4. The molecule has 2 aromatic rings. The largest absolute Gasteiger partial charge is 0.356 e. The smallest absolute Gasteiger partial charge is 0.234 e. The van der Waals surface area contributed by atoms with Crippen molar-refractivity contribution in [1.29, 1.82) is 0 Å². The SMILES string of the molecule is O=C1CCCN1c1ccc(Nc2ccc(N3C(=O)CCC3=O)cc2)cc1. The summed E-state index contributed by atoms with van der Waals surface area (Å²) in [6.45, 7) is 0.779. The second-order valence-corrected chi connectivity index (χ2v) is 6.49. The van der Waals surface area contributed by atoms with E-state index in [1.54, 1.807) is 12.1 Å². The van der Waals surface area contributed by atoms with Crippen LogP contribution < -0.4 is 15.1 Å². The Morgan fingerprint density at radius 2 is 1.19 bits per heavy atom. The first-order valence-electron chi connectivity index (χ1n) is 8.75. The standard InChI is InChI=1S/C20H19N3O3/c24-18-2-1-13-22(18)16-7-3-14(4-8-16)21-15-5-9-17(10-6-15)23-19(25)11-12-20(23)26/h3-10,21H,1-2,11-13H2. The molecular formula is C20H19N3O3. The van der Waals surface area contributed by atoms with E-state index in [1.807, 2.05) is 41.3 Å². The van der Waals surface area contributed by atoms with Crippen molar-refractivity contribution >= 4 is 40.5 Å². The molecule has 2 aliphatic rings. The maximum absolute atomic E-state index is 11.8. The number of hydrogen-bond donors (Lipinski definition) is 1. The Bertz CT molecular complexity index is 843. The highest BCUT2D eigenvalue weighted by Crippen LogP contribution is 2.27. The number of benzene rings is 2. The average Bonchev–Trinajstić information content (AvgIpc) is 3.22. The molecule has 2 heterocycles. The quantitative estimate of drug-likeness (QED) is 0.861. The molecule has 2 aromatic carbocycles. The van der Waals surface area contributed by atoms with Crippen LogP contribution in [0.4, 0.5) is 22.7 Å². The van der Waals surface area contributed by atoms with E-state index in [2.05, 4.69) is 5.32 Å². The van der Waals surface area contributed by atoms with Crippen LogP contribution in [-0.4, -0.2) is 24.3 Å². The van der Waals surface area contributed by atoms with Gasteiger partial charge in [-0.3, -0.25) is 19.3 Å². The number of nitrogens with one attached hydrogen (secondary N) is 1. The topological polar surface area (TPSA) is 69.7 Å². The number of imide groups is 1. The van der Waals surface area contributed by atoms with Gasteiger partial charge in [0, 0.05) is 42.9 Å². The third-order valence-electron chi connectivity index (χ3n) is 4.72. The van der Waals surface area contributed by atoms with Gasteiger partial charge in [-0.1, -0.05) is 0 Å². The van der Waals surface area contributed by atoms with Crippen LogP contribution in [0.2, 0.25) is 0 Å². The third kappa shape index (κ3) is 3.06. The molecule has 2 fully saturated rings. The van der Waals surface area contributed by atoms with Gasteiger partial charge in [0.1, 0.15) is 0 Å². The lowest BCUT2D eigenvalue weighted by Gasteiger charge is -2.17. The van der Waals surface area contributed by atoms with E-state index in [0.717, 1.165) is 30.0 Å². The van der Waals surface area contributed by atoms with Crippen LogP contribution in [0, 0.1) is 0 Å². The Balaban J connectivity index is 1.45. The van der Waals surface area contributed by atoms with E-state index in [-0.39, 0.29) is 30.6 Å². The molecule has 0 spiro atoms. The number of anilines is 4. The number of amides is 3. The normalized spacial score (nSPS) is 17.3. The summed E-state index contributed by atoms with van der Waals surface area (Å²) in [6, 6.07) is 14.9. The lowest BCUT2D eigenvalue weighted by atomic mass is 10.2. The van der Waals surface area contributed by atoms with E-state index in [4.69, 9.17) is 0 Å². The Kier molecular flexibility index (Phi) is 4.16. The summed E-state index contributed by atoms with van der Waals surface area (Å²) in [7, 11) is 0. The summed E-state index contributed by atoms with van der Waals surface area (Å²) in [5.74, 6) is -0.127. The number of carbonyl (C=O) groups excluding carboxylic acids is 3. The molecule has 2 saturated heterocycles. The van der Waals surface area contributed by atoms with Crippen LogP contribution in [0.15, 0.2) is 48.5 Å². The number of rotatable bonds is 4. The zero-order chi connectivity index (χ0) is 18.1. The van der Waals surface area contributed by atoms with Gasteiger partial charge >= 0.3 is 0 Å². The molecule has 0 saturated carbocycles. The van der Waals surface area contributed by atoms with Gasteiger partial charge in [0.05, 0.1) is 5.69 Å². The van der Waals surface area contributed by atoms with Gasteiger partial charge in [0.25, 0.3) is 0 Å². The molecule has 0 unspecified atom stereocenters. The fourth-order valence-electron chi connectivity index (χ4n) is 3.37. The van der Waals surface area contributed by atoms with Crippen molar-refractivity contribution in [1.82, 2.24) is 0 Å². The Morgan fingerprint density at radius 1 is 0.654 bits per heavy atom. The van der Waals surface area contributed by atoms with Crippen LogP contribution in [0.25, 0.3) is 0 Å². The van der Waals surface area contributed by atoms with Gasteiger partial charge in [-0.2, -0.15) is 0 Å². The van der Waals surface area contributed by atoms with Crippen molar-refractivity contribution in [3.05, 3.63) is 48.5 Å². The minimum absolute atomic E-state index is 0.150. The predicted octanol–water partition coefficient (Wildman–Crippen LogP) is 3.21. The predicted molar refractivity (Wildman–Crippen MR) is 99.5 cm³/mol. The Labute approximate surface area is 151 Å². The maximum Gasteiger partial charge on any atom is 0.234 e. The van der Waals surface area contributed by atoms with Gasteiger partial charge in [0.15, 0.2) is 0 Å². The summed E-state index contributed by atoms with van der Waals surface area (Å²) >= 11 is 0. The minimum atomic E-state index is -0.150. The molecule has 4 rings (SSSR count). The zero-order valence-corrected chi connectivity index (χ0v) is 14.3. The molecule has 0 radical (unpaired) electrons. The van der Waals surface area contributed by atoms with Crippen LogP contribution in [0.5, 0.6) is 0 Å². The molecule has 26 heavy (non-hydrogen) atoms. The molecular weight excluding hydrogens is 330 g/mol. The van der Waals surface area contributed by atoms with Crippen LogP contribution in [0.1, 0.15) is 25.7 Å². The average molecular weight is 349 g/mol. The molecule has 0 bridgehead atoms. The van der Waals surface area contributed by atoms with Crippen LogP contribution in [0.3, 0.4) is 0 Å². The second-order valence-electron chi connectivity index (χ2n) is 6.49. The van der Waals surface area contributed by atoms with Crippen LogP contribution in [-0.2, 0) is 14.4 Å². The molecule has 6 nitrogen and oxygen atoms in total. The van der Waals surface area contributed by atoms with Crippen molar-refractivity contribution in [3.8, 4) is 0 Å². The highest BCUT2D eigenvalue weighted by atomic mass is 16.2. The van der Waals surface area contributed by atoms with E-state index < -0.39 is 0 Å². The van der Waals surface area contributed by atoms with E-state index in [9.17, 15) is 14.4 Å². The third-order valence-corrected chi connectivity index (χ3v) is 4.72. The van der Waals surface area contributed by atoms with Crippen molar-refractivity contribution in [3.63, 3.8) is 0 Å². The van der Waals surface area contributed by atoms with Crippen molar-refractivity contribution in [2.75, 3.05) is 21.7 Å². The monoisotopic (exact) mass is 349 g/mol. The molecule has 132 valence electrons. The van der Waals surface area contributed by atoms with Crippen molar-refractivity contribution in [2.24, 2.45) is 0 Å². The number of nitrogens with zero attached hydrogens (tertiary/aromatic N) is 2. The fourth-order valence-corrected chi connectivity index (χ4v) is 3.37. The van der Waals surface area contributed by atoms with E-state index in [0.29, 0.717) is 12.1 Å². The molecule has 0 aromatic heterocycles. The first-order chi connectivity index (χ1) is 12.6. The molecule has 0 aliphatic carbocycles. The highest BCUT2D eigenvalue weighted by Gasteiger charge is 2.30. The lowest BCUT2D eigenvalue weighted by molar-refractivity contribution is -0.121. The lowest BCUT2D eigenvalue weighted by Crippen LogP contribution is -2.28. The zero-order valence-electron chi connectivity index (χ0n) is 14.3. The maximum atomic E-state index is 11.8. The van der Waals surface area contributed by atoms with Gasteiger partial charge < -0.3 is 10.2 Å². The fraction of sp³-hybridized carbons (Fsp3) is 0.250. The van der Waals surface area contributed by atoms with Gasteiger partial charge in [0.2, 0.25) is 17.7 Å². The molecule has 0 atom stereocenters. The first-order valence-corrected chi connectivity index (χ1v) is 8.75.